The second kappa shape index (κ2) is 8.16. The molecule has 2 rings (SSSR count). The van der Waals surface area contributed by atoms with Crippen molar-refractivity contribution in [2.75, 3.05) is 6.26 Å². The zero-order valence-corrected chi connectivity index (χ0v) is 15.4. The lowest BCUT2D eigenvalue weighted by atomic mass is 10.0. The number of carbonyl (C=O) groups excluding carboxylic acids is 1. The lowest BCUT2D eigenvalue weighted by Crippen LogP contribution is -2.38. The highest BCUT2D eigenvalue weighted by molar-refractivity contribution is 7.90. The lowest BCUT2D eigenvalue weighted by Gasteiger charge is -2.21. The second-order valence-electron chi connectivity index (χ2n) is 5.88. The van der Waals surface area contributed by atoms with Gasteiger partial charge in [0.1, 0.15) is 5.75 Å². The van der Waals surface area contributed by atoms with Gasteiger partial charge in [-0.25, -0.2) is 8.42 Å². The molecule has 0 fully saturated rings. The van der Waals surface area contributed by atoms with Gasteiger partial charge in [-0.05, 0) is 43.2 Å². The molecule has 134 valence electrons. The van der Waals surface area contributed by atoms with Gasteiger partial charge in [0, 0.05) is 6.26 Å². The van der Waals surface area contributed by atoms with Crippen LogP contribution in [-0.4, -0.2) is 26.7 Å². The molecule has 2 atom stereocenters. The summed E-state index contributed by atoms with van der Waals surface area (Å²) in [4.78, 5) is 12.6. The molecule has 0 heterocycles. The van der Waals surface area contributed by atoms with Gasteiger partial charge in [-0.15, -0.1) is 0 Å². The van der Waals surface area contributed by atoms with Crippen molar-refractivity contribution in [1.82, 2.24) is 5.32 Å². The zero-order valence-electron chi connectivity index (χ0n) is 14.6. The number of sulfone groups is 1. The van der Waals surface area contributed by atoms with E-state index in [4.69, 9.17) is 4.74 Å². The zero-order chi connectivity index (χ0) is 18.4. The van der Waals surface area contributed by atoms with Crippen molar-refractivity contribution < 1.29 is 17.9 Å². The molecular formula is C19H23NO4S. The number of carbonyl (C=O) groups is 1. The van der Waals surface area contributed by atoms with Crippen molar-refractivity contribution in [3.05, 3.63) is 60.2 Å². The summed E-state index contributed by atoms with van der Waals surface area (Å²) >= 11 is 0. The van der Waals surface area contributed by atoms with Gasteiger partial charge in [0.05, 0.1) is 10.9 Å². The second-order valence-corrected chi connectivity index (χ2v) is 7.90. The molecule has 0 radical (unpaired) electrons. The first-order valence-corrected chi connectivity index (χ1v) is 10.0. The fraction of sp³-hybridized carbons (Fsp3) is 0.316. The molecule has 1 N–H and O–H groups in total. The van der Waals surface area contributed by atoms with E-state index in [2.05, 4.69) is 5.32 Å². The van der Waals surface area contributed by atoms with Gasteiger partial charge in [-0.2, -0.15) is 0 Å². The van der Waals surface area contributed by atoms with Crippen LogP contribution in [-0.2, 0) is 14.6 Å². The first-order chi connectivity index (χ1) is 11.8. The number of nitrogens with one attached hydrogen (secondary N) is 1. The monoisotopic (exact) mass is 361 g/mol. The third-order valence-electron chi connectivity index (χ3n) is 3.86. The molecule has 0 saturated heterocycles. The van der Waals surface area contributed by atoms with Crippen LogP contribution in [0.1, 0.15) is 31.9 Å². The quantitative estimate of drug-likeness (QED) is 0.822. The Morgan fingerprint density at radius 2 is 1.68 bits per heavy atom. The molecule has 25 heavy (non-hydrogen) atoms. The number of rotatable bonds is 7. The van der Waals surface area contributed by atoms with Crippen molar-refractivity contribution in [2.24, 2.45) is 0 Å². The number of amides is 1. The molecule has 5 nitrogen and oxygen atoms in total. The van der Waals surface area contributed by atoms with Crippen LogP contribution in [0.2, 0.25) is 0 Å². The van der Waals surface area contributed by atoms with Crippen molar-refractivity contribution in [3.8, 4) is 5.75 Å². The van der Waals surface area contributed by atoms with Crippen LogP contribution in [0.25, 0.3) is 0 Å². The Hall–Kier alpha value is -2.34. The fourth-order valence-corrected chi connectivity index (χ4v) is 3.04. The number of benzene rings is 2. The summed E-state index contributed by atoms with van der Waals surface area (Å²) < 4.78 is 28.7. The number of ether oxygens (including phenoxy) is 1. The molecule has 1 amide bonds. The predicted octanol–water partition coefficient (Wildman–Crippen LogP) is 3.12. The van der Waals surface area contributed by atoms with Crippen LogP contribution in [0.4, 0.5) is 0 Å². The van der Waals surface area contributed by atoms with E-state index in [1.807, 2.05) is 25.1 Å². The molecule has 0 saturated carbocycles. The maximum Gasteiger partial charge on any atom is 0.261 e. The van der Waals surface area contributed by atoms with E-state index in [-0.39, 0.29) is 16.8 Å². The molecule has 0 bridgehead atoms. The topological polar surface area (TPSA) is 72.5 Å². The van der Waals surface area contributed by atoms with Gasteiger partial charge in [-0.1, -0.05) is 37.3 Å². The average molecular weight is 361 g/mol. The maximum atomic E-state index is 12.4. The highest BCUT2D eigenvalue weighted by Crippen LogP contribution is 2.20. The first kappa shape index (κ1) is 19.0. The van der Waals surface area contributed by atoms with Gasteiger partial charge in [-0.3, -0.25) is 4.79 Å². The Bertz CT molecular complexity index is 801. The van der Waals surface area contributed by atoms with E-state index >= 15 is 0 Å². The van der Waals surface area contributed by atoms with Crippen molar-refractivity contribution >= 4 is 15.7 Å². The maximum absolute atomic E-state index is 12.4. The smallest absolute Gasteiger partial charge is 0.261 e. The Morgan fingerprint density at radius 1 is 1.08 bits per heavy atom. The largest absolute Gasteiger partial charge is 0.481 e. The third kappa shape index (κ3) is 5.32. The molecule has 2 aromatic carbocycles. The minimum absolute atomic E-state index is 0.206. The molecule has 2 aromatic rings. The number of para-hydroxylation sites is 1. The van der Waals surface area contributed by atoms with Crippen molar-refractivity contribution in [3.63, 3.8) is 0 Å². The minimum atomic E-state index is -3.23. The molecule has 0 aliphatic carbocycles. The van der Waals surface area contributed by atoms with E-state index in [0.717, 1.165) is 5.56 Å². The Labute approximate surface area is 148 Å². The predicted molar refractivity (Wildman–Crippen MR) is 97.3 cm³/mol. The van der Waals surface area contributed by atoms with Crippen LogP contribution in [0.15, 0.2) is 59.5 Å². The molecule has 0 aliphatic rings. The van der Waals surface area contributed by atoms with Crippen LogP contribution >= 0.6 is 0 Å². The van der Waals surface area contributed by atoms with E-state index < -0.39 is 15.9 Å². The first-order valence-electron chi connectivity index (χ1n) is 8.13. The van der Waals surface area contributed by atoms with Crippen molar-refractivity contribution in [1.29, 1.82) is 0 Å². The van der Waals surface area contributed by atoms with Gasteiger partial charge in [0.15, 0.2) is 15.9 Å². The van der Waals surface area contributed by atoms with Crippen LogP contribution in [0.3, 0.4) is 0 Å². The van der Waals surface area contributed by atoms with E-state index in [1.165, 1.54) is 6.26 Å². The summed E-state index contributed by atoms with van der Waals surface area (Å²) in [6.07, 6.45) is 1.22. The average Bonchev–Trinajstić information content (AvgIpc) is 2.59. The Balaban J connectivity index is 2.04. The summed E-state index contributed by atoms with van der Waals surface area (Å²) in [6.45, 7) is 3.65. The molecular weight excluding hydrogens is 338 g/mol. The third-order valence-corrected chi connectivity index (χ3v) is 4.99. The number of hydrogen-bond acceptors (Lipinski definition) is 4. The van der Waals surface area contributed by atoms with Gasteiger partial charge >= 0.3 is 0 Å². The summed E-state index contributed by atoms with van der Waals surface area (Å²) in [5.74, 6) is 0.415. The molecule has 0 aliphatic heterocycles. The Morgan fingerprint density at radius 3 is 2.20 bits per heavy atom. The highest BCUT2D eigenvalue weighted by Gasteiger charge is 2.19. The lowest BCUT2D eigenvalue weighted by molar-refractivity contribution is -0.128. The van der Waals surface area contributed by atoms with Crippen LogP contribution in [0.5, 0.6) is 5.75 Å². The number of hydrogen-bond donors (Lipinski definition) is 1. The van der Waals surface area contributed by atoms with E-state index in [9.17, 15) is 13.2 Å². The normalized spacial score (nSPS) is 13.7. The van der Waals surface area contributed by atoms with Gasteiger partial charge in [0.2, 0.25) is 0 Å². The minimum Gasteiger partial charge on any atom is -0.481 e. The fourth-order valence-electron chi connectivity index (χ4n) is 2.41. The summed E-state index contributed by atoms with van der Waals surface area (Å²) in [6, 6.07) is 15.5. The summed E-state index contributed by atoms with van der Waals surface area (Å²) in [7, 11) is -3.23. The van der Waals surface area contributed by atoms with Crippen LogP contribution in [0, 0.1) is 0 Å². The molecule has 0 unspecified atom stereocenters. The van der Waals surface area contributed by atoms with Gasteiger partial charge in [0.25, 0.3) is 5.91 Å². The van der Waals surface area contributed by atoms with E-state index in [0.29, 0.717) is 12.2 Å². The molecule has 0 spiro atoms. The summed E-state index contributed by atoms with van der Waals surface area (Å²) in [5, 5.41) is 2.95. The summed E-state index contributed by atoms with van der Waals surface area (Å²) in [5.41, 5.74) is 0.857. The van der Waals surface area contributed by atoms with E-state index in [1.54, 1.807) is 43.3 Å². The Kier molecular flexibility index (Phi) is 6.20. The SMILES string of the molecule is CC[C@@H](NC(=O)[C@H](C)Oc1ccccc1)c1ccc(S(C)(=O)=O)cc1. The van der Waals surface area contributed by atoms with Crippen LogP contribution < -0.4 is 10.1 Å². The highest BCUT2D eigenvalue weighted by atomic mass is 32.2. The molecule has 0 aromatic heterocycles. The van der Waals surface area contributed by atoms with Crippen molar-refractivity contribution in [2.45, 2.75) is 37.3 Å². The standard InChI is InChI=1S/C19H23NO4S/c1-4-18(15-10-12-17(13-11-15)25(3,22)23)20-19(21)14(2)24-16-8-6-5-7-9-16/h5-14,18H,4H2,1-3H3,(H,20,21)/t14-,18+/m0/s1. The molecule has 6 heteroatoms. The van der Waals surface area contributed by atoms with Gasteiger partial charge < -0.3 is 10.1 Å².